The molecule has 0 aromatic rings. The van der Waals surface area contributed by atoms with Gasteiger partial charge in [-0.1, -0.05) is 161 Å². The molecule has 61 heavy (non-hydrogen) atoms. The summed E-state index contributed by atoms with van der Waals surface area (Å²) in [5, 5.41) is 0. The van der Waals surface area contributed by atoms with Gasteiger partial charge in [0.1, 0.15) is 6.61 Å². The van der Waals surface area contributed by atoms with E-state index in [2.05, 4.69) is 135 Å². The summed E-state index contributed by atoms with van der Waals surface area (Å²) in [6.45, 7) is 3.41. The van der Waals surface area contributed by atoms with E-state index in [-0.39, 0.29) is 32.6 Å². The standard InChI is InChI=1S/C51H82NO8P/c1-3-5-7-9-11-13-15-17-19-20-21-22-23-24-25-26-27-28-30-32-34-36-38-40-42-44-51(54)60-49(48-59-61(55,56)58-46-45-52)47-57-50(53)43-41-39-37-35-33-31-29-18-16-14-12-10-8-6-4-2/h5-8,11-14,17-19,21-22,24-25,27-29,33,35,49H,3-4,9-10,15-16,20,23,26,30-32,34,36-48,52H2,1-2H3,(H,55,56)/b7-5-,8-6-,13-11-,14-12-,19-17-,22-21-,25-24-,28-27-,29-18-,35-33-. The van der Waals surface area contributed by atoms with Crippen molar-refractivity contribution in [3.8, 4) is 0 Å². The number of nitrogens with two attached hydrogens (primary N) is 1. The Bertz CT molecular complexity index is 1400. The van der Waals surface area contributed by atoms with Crippen LogP contribution in [-0.2, 0) is 32.7 Å². The van der Waals surface area contributed by atoms with E-state index < -0.39 is 32.5 Å². The van der Waals surface area contributed by atoms with Crippen molar-refractivity contribution in [1.82, 2.24) is 0 Å². The van der Waals surface area contributed by atoms with Gasteiger partial charge in [-0.2, -0.15) is 0 Å². The molecule has 0 saturated carbocycles. The van der Waals surface area contributed by atoms with E-state index in [1.807, 2.05) is 0 Å². The van der Waals surface area contributed by atoms with Crippen LogP contribution in [0.3, 0.4) is 0 Å². The second-order valence-electron chi connectivity index (χ2n) is 14.5. The van der Waals surface area contributed by atoms with Crippen LogP contribution in [0.25, 0.3) is 0 Å². The molecule has 0 aliphatic rings. The molecule has 0 aromatic heterocycles. The maximum Gasteiger partial charge on any atom is 0.472 e. The van der Waals surface area contributed by atoms with E-state index >= 15 is 0 Å². The first kappa shape index (κ1) is 57.4. The van der Waals surface area contributed by atoms with Crippen LogP contribution in [0.2, 0.25) is 0 Å². The quantitative estimate of drug-likeness (QED) is 0.0266. The number of phosphoric acid groups is 1. The van der Waals surface area contributed by atoms with Gasteiger partial charge in [-0.25, -0.2) is 4.57 Å². The normalized spacial score (nSPS) is 14.4. The molecule has 0 spiro atoms. The fourth-order valence-corrected chi connectivity index (χ4v) is 6.27. The maximum atomic E-state index is 12.6. The molecule has 0 bridgehead atoms. The van der Waals surface area contributed by atoms with Crippen molar-refractivity contribution in [1.29, 1.82) is 0 Å². The summed E-state index contributed by atoms with van der Waals surface area (Å²) >= 11 is 0. The van der Waals surface area contributed by atoms with E-state index in [0.717, 1.165) is 116 Å². The third kappa shape index (κ3) is 45.8. The zero-order valence-electron chi connectivity index (χ0n) is 37.8. The molecule has 10 heteroatoms. The highest BCUT2D eigenvalue weighted by atomic mass is 31.2. The Hall–Kier alpha value is -3.59. The van der Waals surface area contributed by atoms with Crippen molar-refractivity contribution in [2.45, 2.75) is 161 Å². The predicted molar refractivity (Wildman–Crippen MR) is 256 cm³/mol. The minimum Gasteiger partial charge on any atom is -0.462 e. The van der Waals surface area contributed by atoms with Gasteiger partial charge in [-0.05, 0) is 103 Å². The lowest BCUT2D eigenvalue weighted by Gasteiger charge is -2.19. The summed E-state index contributed by atoms with van der Waals surface area (Å²) in [6, 6.07) is 0. The Labute approximate surface area is 371 Å². The lowest BCUT2D eigenvalue weighted by Crippen LogP contribution is -2.29. The number of rotatable bonds is 41. The second kappa shape index (κ2) is 45.9. The van der Waals surface area contributed by atoms with Gasteiger partial charge in [-0.15, -0.1) is 0 Å². The van der Waals surface area contributed by atoms with Crippen molar-refractivity contribution >= 4 is 19.8 Å². The first-order chi connectivity index (χ1) is 29.8. The number of unbranched alkanes of at least 4 members (excludes halogenated alkanes) is 8. The molecular formula is C51H82NO8P. The van der Waals surface area contributed by atoms with Gasteiger partial charge in [-0.3, -0.25) is 18.6 Å². The fraction of sp³-hybridized carbons (Fsp3) is 0.569. The third-order valence-corrected chi connectivity index (χ3v) is 9.83. The zero-order valence-corrected chi connectivity index (χ0v) is 38.7. The minimum atomic E-state index is -4.40. The molecule has 0 aliphatic carbocycles. The van der Waals surface area contributed by atoms with Crippen LogP contribution in [0.4, 0.5) is 0 Å². The van der Waals surface area contributed by atoms with Crippen LogP contribution in [-0.4, -0.2) is 49.3 Å². The van der Waals surface area contributed by atoms with E-state index in [0.29, 0.717) is 12.8 Å². The number of hydrogen-bond donors (Lipinski definition) is 2. The zero-order chi connectivity index (χ0) is 44.6. The third-order valence-electron chi connectivity index (χ3n) is 8.84. The molecule has 0 fully saturated rings. The van der Waals surface area contributed by atoms with Gasteiger partial charge in [0.2, 0.25) is 0 Å². The highest BCUT2D eigenvalue weighted by Crippen LogP contribution is 2.43. The smallest absolute Gasteiger partial charge is 0.462 e. The van der Waals surface area contributed by atoms with E-state index in [1.165, 1.54) is 0 Å². The molecule has 0 aliphatic heterocycles. The molecule has 9 nitrogen and oxygen atoms in total. The maximum absolute atomic E-state index is 12.6. The molecular weight excluding hydrogens is 786 g/mol. The van der Waals surface area contributed by atoms with Gasteiger partial charge < -0.3 is 20.1 Å². The molecule has 2 atom stereocenters. The van der Waals surface area contributed by atoms with Gasteiger partial charge in [0.05, 0.1) is 13.2 Å². The van der Waals surface area contributed by atoms with Crippen LogP contribution < -0.4 is 5.73 Å². The average molecular weight is 868 g/mol. The topological polar surface area (TPSA) is 134 Å². The summed E-state index contributed by atoms with van der Waals surface area (Å²) < 4.78 is 32.8. The molecule has 0 amide bonds. The summed E-state index contributed by atoms with van der Waals surface area (Å²) in [6.07, 6.45) is 62.3. The molecule has 344 valence electrons. The van der Waals surface area contributed by atoms with Crippen molar-refractivity contribution in [2.24, 2.45) is 5.73 Å². The van der Waals surface area contributed by atoms with Gasteiger partial charge in [0, 0.05) is 19.4 Å². The number of hydrogen-bond acceptors (Lipinski definition) is 8. The van der Waals surface area contributed by atoms with Gasteiger partial charge >= 0.3 is 19.8 Å². The summed E-state index contributed by atoms with van der Waals surface area (Å²) in [7, 11) is -4.40. The highest BCUT2D eigenvalue weighted by Gasteiger charge is 2.26. The molecule has 0 rings (SSSR count). The largest absolute Gasteiger partial charge is 0.472 e. The van der Waals surface area contributed by atoms with Crippen molar-refractivity contribution in [2.75, 3.05) is 26.4 Å². The first-order valence-corrected chi connectivity index (χ1v) is 24.5. The van der Waals surface area contributed by atoms with Crippen LogP contribution in [0, 0.1) is 0 Å². The number of carbonyl (C=O) groups is 2. The fourth-order valence-electron chi connectivity index (χ4n) is 5.51. The number of esters is 2. The SMILES string of the molecule is CC/C=C\C/C=C\C/C=C\C/C=C\C/C=C\C/C=C\CCCCCCCCC(=O)OC(COC(=O)CCCC/C=C\C/C=C\C/C=C\C/C=C\CC)COP(=O)(O)OCCN. The minimum absolute atomic E-state index is 0.0374. The molecule has 2 unspecified atom stereocenters. The van der Waals surface area contributed by atoms with E-state index in [1.54, 1.807) is 0 Å². The lowest BCUT2D eigenvalue weighted by molar-refractivity contribution is -0.161. The first-order valence-electron chi connectivity index (χ1n) is 23.0. The Morgan fingerprint density at radius 2 is 0.852 bits per heavy atom. The molecule has 3 N–H and O–H groups in total. The number of phosphoric ester groups is 1. The molecule has 0 aromatic carbocycles. The van der Waals surface area contributed by atoms with E-state index in [9.17, 15) is 19.0 Å². The van der Waals surface area contributed by atoms with Gasteiger partial charge in [0.25, 0.3) is 0 Å². The Morgan fingerprint density at radius 3 is 1.30 bits per heavy atom. The summed E-state index contributed by atoms with van der Waals surface area (Å²) in [4.78, 5) is 34.9. The predicted octanol–water partition coefficient (Wildman–Crippen LogP) is 13.7. The van der Waals surface area contributed by atoms with Crippen LogP contribution in [0.15, 0.2) is 122 Å². The second-order valence-corrected chi connectivity index (χ2v) is 16.0. The average Bonchev–Trinajstić information content (AvgIpc) is 3.25. The molecule has 0 radical (unpaired) electrons. The van der Waals surface area contributed by atoms with Crippen molar-refractivity contribution < 1.29 is 37.6 Å². The molecule has 0 heterocycles. The summed E-state index contributed by atoms with van der Waals surface area (Å²) in [5.41, 5.74) is 5.35. The Kier molecular flexibility index (Phi) is 43.2. The molecule has 0 saturated heterocycles. The van der Waals surface area contributed by atoms with E-state index in [4.69, 9.17) is 24.3 Å². The highest BCUT2D eigenvalue weighted by molar-refractivity contribution is 7.47. The number of allylic oxidation sites excluding steroid dienone is 20. The Morgan fingerprint density at radius 1 is 0.492 bits per heavy atom. The van der Waals surface area contributed by atoms with Crippen LogP contribution in [0.5, 0.6) is 0 Å². The number of carbonyl (C=O) groups excluding carboxylic acids is 2. The summed E-state index contributed by atoms with van der Waals surface area (Å²) in [5.74, 6) is -0.908. The van der Waals surface area contributed by atoms with Crippen molar-refractivity contribution in [3.05, 3.63) is 122 Å². The Balaban J connectivity index is 4.22. The number of ether oxygens (including phenoxy) is 2. The van der Waals surface area contributed by atoms with Gasteiger partial charge in [0.15, 0.2) is 6.10 Å². The van der Waals surface area contributed by atoms with Crippen LogP contribution in [0.1, 0.15) is 155 Å². The lowest BCUT2D eigenvalue weighted by atomic mass is 10.1. The monoisotopic (exact) mass is 868 g/mol. The van der Waals surface area contributed by atoms with Crippen molar-refractivity contribution in [3.63, 3.8) is 0 Å². The van der Waals surface area contributed by atoms with Crippen LogP contribution >= 0.6 is 7.82 Å².